The monoisotopic (exact) mass is 135 g/mol. The van der Waals surface area contributed by atoms with Gasteiger partial charge in [0.25, 0.3) is 0 Å². The maximum absolute atomic E-state index is 3.64. The van der Waals surface area contributed by atoms with E-state index < -0.39 is 0 Å². The molecule has 1 nitrogen and oxygen atoms in total. The molecule has 0 bridgehead atoms. The summed E-state index contributed by atoms with van der Waals surface area (Å²) in [5.74, 6) is 0. The maximum atomic E-state index is 3.64. The highest BCUT2D eigenvalue weighted by atomic mass is 15.1. The normalized spacial score (nSPS) is 10.3. The van der Waals surface area contributed by atoms with Gasteiger partial charge in [-0.05, 0) is 13.0 Å². The van der Waals surface area contributed by atoms with Gasteiger partial charge in [-0.2, -0.15) is 0 Å². The zero-order chi connectivity index (χ0) is 7.98. The Bertz CT molecular complexity index is 158. The molecule has 0 radical (unpaired) electrons. The third-order valence-corrected chi connectivity index (χ3v) is 1.20. The van der Waals surface area contributed by atoms with Crippen molar-refractivity contribution in [2.45, 2.75) is 6.92 Å². The number of hydrogen-bond donors (Lipinski definition) is 0. The fraction of sp³-hybridized carbons (Fsp3) is 0.111. The van der Waals surface area contributed by atoms with Gasteiger partial charge in [0, 0.05) is 18.1 Å². The van der Waals surface area contributed by atoms with Gasteiger partial charge in [-0.25, -0.2) is 0 Å². The molecule has 0 aliphatic heterocycles. The van der Waals surface area contributed by atoms with Crippen molar-refractivity contribution in [3.8, 4) is 0 Å². The van der Waals surface area contributed by atoms with Gasteiger partial charge in [0.1, 0.15) is 0 Å². The predicted molar refractivity (Wildman–Crippen MR) is 46.2 cm³/mol. The van der Waals surface area contributed by atoms with Crippen LogP contribution in [0.5, 0.6) is 0 Å². The van der Waals surface area contributed by atoms with Crippen molar-refractivity contribution >= 4 is 0 Å². The average molecular weight is 135 g/mol. The predicted octanol–water partition coefficient (Wildman–Crippen LogP) is 2.67. The van der Waals surface area contributed by atoms with Gasteiger partial charge in [-0.1, -0.05) is 25.8 Å². The van der Waals surface area contributed by atoms with E-state index in [9.17, 15) is 0 Å². The molecule has 1 heteroatoms. The SMILES string of the molecule is C=C/C(=C/C)N(C=C)C=C. The lowest BCUT2D eigenvalue weighted by Crippen LogP contribution is -2.04. The first-order chi connectivity index (χ1) is 4.79. The minimum atomic E-state index is 0.991. The van der Waals surface area contributed by atoms with Crippen LogP contribution >= 0.6 is 0 Å². The molecule has 0 fully saturated rings. The summed E-state index contributed by atoms with van der Waals surface area (Å²) in [5, 5.41) is 0. The molecule has 0 saturated carbocycles. The van der Waals surface area contributed by atoms with Crippen molar-refractivity contribution in [1.29, 1.82) is 0 Å². The molecular weight excluding hydrogens is 122 g/mol. The number of allylic oxidation sites excluding steroid dienone is 2. The van der Waals surface area contributed by atoms with E-state index in [4.69, 9.17) is 0 Å². The lowest BCUT2D eigenvalue weighted by Gasteiger charge is -2.14. The molecule has 0 atom stereocenters. The fourth-order valence-corrected chi connectivity index (χ4v) is 0.658. The highest BCUT2D eigenvalue weighted by Gasteiger charge is 1.92. The van der Waals surface area contributed by atoms with Crippen molar-refractivity contribution in [2.24, 2.45) is 0 Å². The number of hydrogen-bond acceptors (Lipinski definition) is 1. The Hall–Kier alpha value is -1.24. The van der Waals surface area contributed by atoms with Gasteiger partial charge in [-0.3, -0.25) is 0 Å². The topological polar surface area (TPSA) is 3.24 Å². The molecule has 0 aromatic heterocycles. The van der Waals surface area contributed by atoms with Crippen LogP contribution in [-0.2, 0) is 0 Å². The molecule has 0 spiro atoms. The molecule has 0 N–H and O–H groups in total. The average Bonchev–Trinajstić information content (AvgIpc) is 2.00. The first kappa shape index (κ1) is 8.76. The molecule has 0 aromatic rings. The molecular formula is C9H13N. The number of rotatable bonds is 4. The van der Waals surface area contributed by atoms with Gasteiger partial charge in [0.15, 0.2) is 0 Å². The summed E-state index contributed by atoms with van der Waals surface area (Å²) >= 11 is 0. The Balaban J connectivity index is 4.38. The summed E-state index contributed by atoms with van der Waals surface area (Å²) in [5.41, 5.74) is 0.991. The summed E-state index contributed by atoms with van der Waals surface area (Å²) in [7, 11) is 0. The third-order valence-electron chi connectivity index (χ3n) is 1.20. The summed E-state index contributed by atoms with van der Waals surface area (Å²) in [6.07, 6.45) is 7.06. The quantitative estimate of drug-likeness (QED) is 0.536. The van der Waals surface area contributed by atoms with Crippen molar-refractivity contribution in [2.75, 3.05) is 0 Å². The van der Waals surface area contributed by atoms with E-state index in [0.29, 0.717) is 0 Å². The minimum absolute atomic E-state index is 0.991. The van der Waals surface area contributed by atoms with Crippen molar-refractivity contribution in [3.05, 3.63) is 50.0 Å². The standard InChI is InChI=1S/C9H13N/c1-5-9(6-2)10(7-3)8-4/h5-8H,1,3-4H2,2H3/b9-6-. The van der Waals surface area contributed by atoms with Crippen LogP contribution in [0.3, 0.4) is 0 Å². The molecule has 0 unspecified atom stereocenters. The second-order valence-corrected chi connectivity index (χ2v) is 1.69. The van der Waals surface area contributed by atoms with Gasteiger partial charge in [0.05, 0.1) is 0 Å². The zero-order valence-electron chi connectivity index (χ0n) is 6.38. The lowest BCUT2D eigenvalue weighted by atomic mass is 10.3. The Morgan fingerprint density at radius 1 is 1.20 bits per heavy atom. The summed E-state index contributed by atoms with van der Waals surface area (Å²) in [4.78, 5) is 1.80. The fourth-order valence-electron chi connectivity index (χ4n) is 0.658. The van der Waals surface area contributed by atoms with E-state index >= 15 is 0 Å². The first-order valence-corrected chi connectivity index (χ1v) is 3.12. The highest BCUT2D eigenvalue weighted by molar-refractivity contribution is 5.18. The van der Waals surface area contributed by atoms with Gasteiger partial charge >= 0.3 is 0 Å². The first-order valence-electron chi connectivity index (χ1n) is 3.12. The van der Waals surface area contributed by atoms with E-state index in [0.717, 1.165) is 5.70 Å². The van der Waals surface area contributed by atoms with Crippen LogP contribution in [-0.4, -0.2) is 4.90 Å². The van der Waals surface area contributed by atoms with E-state index in [2.05, 4.69) is 19.7 Å². The molecule has 0 aliphatic carbocycles. The second-order valence-electron chi connectivity index (χ2n) is 1.69. The van der Waals surface area contributed by atoms with Gasteiger partial charge in [-0.15, -0.1) is 0 Å². The van der Waals surface area contributed by atoms with Crippen LogP contribution in [0.2, 0.25) is 0 Å². The van der Waals surface area contributed by atoms with Crippen LogP contribution in [0.15, 0.2) is 50.0 Å². The third kappa shape index (κ3) is 1.94. The Labute approximate surface area is 62.7 Å². The van der Waals surface area contributed by atoms with Crippen molar-refractivity contribution in [1.82, 2.24) is 4.90 Å². The van der Waals surface area contributed by atoms with E-state index in [1.165, 1.54) is 0 Å². The minimum Gasteiger partial charge on any atom is -0.325 e. The van der Waals surface area contributed by atoms with E-state index in [1.54, 1.807) is 23.4 Å². The lowest BCUT2D eigenvalue weighted by molar-refractivity contribution is 0.655. The van der Waals surface area contributed by atoms with Crippen LogP contribution in [0, 0.1) is 0 Å². The van der Waals surface area contributed by atoms with Crippen LogP contribution in [0.4, 0.5) is 0 Å². The van der Waals surface area contributed by atoms with Crippen molar-refractivity contribution in [3.63, 3.8) is 0 Å². The summed E-state index contributed by atoms with van der Waals surface area (Å²) < 4.78 is 0. The summed E-state index contributed by atoms with van der Waals surface area (Å²) in [6, 6.07) is 0. The van der Waals surface area contributed by atoms with Crippen molar-refractivity contribution < 1.29 is 0 Å². The molecule has 0 aromatic carbocycles. The molecule has 0 aliphatic rings. The van der Waals surface area contributed by atoms with E-state index in [1.807, 2.05) is 13.0 Å². The second kappa shape index (κ2) is 4.62. The smallest absolute Gasteiger partial charge is 0.0400 e. The van der Waals surface area contributed by atoms with Crippen LogP contribution in [0.25, 0.3) is 0 Å². The Kier molecular flexibility index (Phi) is 4.05. The summed E-state index contributed by atoms with van der Waals surface area (Å²) in [6.45, 7) is 12.8. The van der Waals surface area contributed by atoms with Crippen LogP contribution in [0.1, 0.15) is 6.92 Å². The molecule has 0 saturated heterocycles. The maximum Gasteiger partial charge on any atom is 0.0400 e. The molecule has 0 rings (SSSR count). The van der Waals surface area contributed by atoms with Crippen LogP contribution < -0.4 is 0 Å². The molecule has 0 heterocycles. The Morgan fingerprint density at radius 2 is 1.70 bits per heavy atom. The molecule has 10 heavy (non-hydrogen) atoms. The Morgan fingerprint density at radius 3 is 1.80 bits per heavy atom. The largest absolute Gasteiger partial charge is 0.325 e. The molecule has 54 valence electrons. The zero-order valence-corrected chi connectivity index (χ0v) is 6.38. The van der Waals surface area contributed by atoms with E-state index in [-0.39, 0.29) is 0 Å². The highest BCUT2D eigenvalue weighted by Crippen LogP contribution is 2.04. The van der Waals surface area contributed by atoms with Gasteiger partial charge < -0.3 is 4.90 Å². The molecule has 0 amide bonds. The number of nitrogens with zero attached hydrogens (tertiary/aromatic N) is 1. The van der Waals surface area contributed by atoms with Gasteiger partial charge in [0.2, 0.25) is 0 Å².